The minimum atomic E-state index is -0.260. The van der Waals surface area contributed by atoms with Crippen LogP contribution in [0.1, 0.15) is 24.0 Å². The summed E-state index contributed by atoms with van der Waals surface area (Å²) in [5.74, 6) is -0.354. The maximum absolute atomic E-state index is 13.1. The van der Waals surface area contributed by atoms with Gasteiger partial charge in [0, 0.05) is 39.0 Å². The summed E-state index contributed by atoms with van der Waals surface area (Å²) >= 11 is 0. The van der Waals surface area contributed by atoms with E-state index in [1.165, 1.54) is 5.01 Å². The molecule has 2 amide bonds. The van der Waals surface area contributed by atoms with Crippen LogP contribution in [-0.4, -0.2) is 55.7 Å². The number of anilines is 3. The summed E-state index contributed by atoms with van der Waals surface area (Å²) in [5.41, 5.74) is 4.88. The monoisotopic (exact) mass is 419 g/mol. The molecule has 162 valence electrons. The van der Waals surface area contributed by atoms with Gasteiger partial charge in [-0.15, -0.1) is 0 Å². The van der Waals surface area contributed by atoms with Crippen LogP contribution < -0.4 is 15.2 Å². The van der Waals surface area contributed by atoms with Crippen molar-refractivity contribution >= 4 is 34.6 Å². The molecule has 1 N–H and O–H groups in total. The van der Waals surface area contributed by atoms with E-state index < -0.39 is 0 Å². The molecule has 1 saturated heterocycles. The van der Waals surface area contributed by atoms with Gasteiger partial charge in [-0.1, -0.05) is 24.3 Å². The highest BCUT2D eigenvalue weighted by Gasteiger charge is 2.27. The van der Waals surface area contributed by atoms with Crippen molar-refractivity contribution in [3.8, 4) is 0 Å². The van der Waals surface area contributed by atoms with Crippen LogP contribution in [0.5, 0.6) is 0 Å². The van der Waals surface area contributed by atoms with E-state index in [4.69, 9.17) is 0 Å². The molecular formula is C24H29N5O2. The molecular weight excluding hydrogens is 390 g/mol. The fraction of sp³-hybridized carbons (Fsp3) is 0.375. The van der Waals surface area contributed by atoms with E-state index in [2.05, 4.69) is 27.3 Å². The van der Waals surface area contributed by atoms with Crippen LogP contribution in [0.15, 0.2) is 47.6 Å². The molecule has 2 aliphatic heterocycles. The Bertz CT molecular complexity index is 1020. The molecule has 0 atom stereocenters. The standard InChI is InChI=1S/C24H29N5O2/c1-17-8-9-18(2)22(16-17)29-23(30)11-10-20(26-29)24(31)25-19-6-4-5-7-21(19)28-14-12-27(3)13-15-28/h4-9,16H,10-15H2,1-3H3,(H,25,31). The molecule has 1 fully saturated rings. The third-order valence-electron chi connectivity index (χ3n) is 5.88. The Morgan fingerprint density at radius 1 is 0.968 bits per heavy atom. The fourth-order valence-electron chi connectivity index (χ4n) is 3.95. The molecule has 4 rings (SSSR count). The highest BCUT2D eigenvalue weighted by molar-refractivity contribution is 6.44. The van der Waals surface area contributed by atoms with Gasteiger partial charge in [0.25, 0.3) is 5.91 Å². The Morgan fingerprint density at radius 3 is 2.48 bits per heavy atom. The first-order valence-electron chi connectivity index (χ1n) is 10.7. The summed E-state index contributed by atoms with van der Waals surface area (Å²) in [5, 5.41) is 8.87. The average molecular weight is 420 g/mol. The lowest BCUT2D eigenvalue weighted by Crippen LogP contribution is -2.44. The first kappa shape index (κ1) is 21.1. The van der Waals surface area contributed by atoms with E-state index in [9.17, 15) is 9.59 Å². The van der Waals surface area contributed by atoms with Gasteiger partial charge in [-0.05, 0) is 50.2 Å². The number of hydrazone groups is 1. The Balaban J connectivity index is 1.56. The zero-order chi connectivity index (χ0) is 22.0. The van der Waals surface area contributed by atoms with Crippen molar-refractivity contribution in [2.75, 3.05) is 48.5 Å². The molecule has 7 nitrogen and oxygen atoms in total. The number of aryl methyl sites for hydroxylation is 2. The molecule has 0 spiro atoms. The van der Waals surface area contributed by atoms with Gasteiger partial charge < -0.3 is 15.1 Å². The van der Waals surface area contributed by atoms with Crippen LogP contribution in [0.25, 0.3) is 0 Å². The molecule has 2 heterocycles. The highest BCUT2D eigenvalue weighted by Crippen LogP contribution is 2.28. The summed E-state index contributed by atoms with van der Waals surface area (Å²) in [7, 11) is 2.12. The lowest BCUT2D eigenvalue weighted by atomic mass is 10.1. The van der Waals surface area contributed by atoms with Crippen LogP contribution in [0.4, 0.5) is 17.1 Å². The van der Waals surface area contributed by atoms with Crippen LogP contribution in [0.2, 0.25) is 0 Å². The second kappa shape index (κ2) is 8.89. The topological polar surface area (TPSA) is 68.2 Å². The number of hydrogen-bond donors (Lipinski definition) is 1. The third-order valence-corrected chi connectivity index (χ3v) is 5.88. The lowest BCUT2D eigenvalue weighted by Gasteiger charge is -2.35. The van der Waals surface area contributed by atoms with Crippen LogP contribution in [0.3, 0.4) is 0 Å². The minimum absolute atomic E-state index is 0.0944. The zero-order valence-electron chi connectivity index (χ0n) is 18.4. The fourth-order valence-corrected chi connectivity index (χ4v) is 3.95. The van der Waals surface area contributed by atoms with Gasteiger partial charge in [0.1, 0.15) is 5.71 Å². The van der Waals surface area contributed by atoms with Crippen molar-refractivity contribution in [1.29, 1.82) is 0 Å². The number of carbonyl (C=O) groups excluding carboxylic acids is 2. The van der Waals surface area contributed by atoms with Gasteiger partial charge in [0.2, 0.25) is 5.91 Å². The molecule has 2 aromatic rings. The Labute approximate surface area is 183 Å². The molecule has 0 aliphatic carbocycles. The molecule has 0 unspecified atom stereocenters. The van der Waals surface area contributed by atoms with E-state index in [1.807, 2.05) is 56.3 Å². The van der Waals surface area contributed by atoms with Gasteiger partial charge >= 0.3 is 0 Å². The average Bonchev–Trinajstić information content (AvgIpc) is 2.77. The molecule has 0 bridgehead atoms. The van der Waals surface area contributed by atoms with Gasteiger partial charge in [0.15, 0.2) is 0 Å². The number of nitrogens with zero attached hydrogens (tertiary/aromatic N) is 4. The van der Waals surface area contributed by atoms with Gasteiger partial charge in [-0.3, -0.25) is 9.59 Å². The van der Waals surface area contributed by atoms with Crippen molar-refractivity contribution in [3.63, 3.8) is 0 Å². The summed E-state index contributed by atoms with van der Waals surface area (Å²) in [6.45, 7) is 7.73. The molecule has 0 saturated carbocycles. The number of piperazine rings is 1. The van der Waals surface area contributed by atoms with Crippen LogP contribution in [0, 0.1) is 13.8 Å². The second-order valence-electron chi connectivity index (χ2n) is 8.30. The summed E-state index contributed by atoms with van der Waals surface area (Å²) in [6.07, 6.45) is 0.600. The SMILES string of the molecule is Cc1ccc(C)c(N2N=C(C(=O)Nc3ccccc3N3CCN(C)CC3)CCC2=O)c1. The highest BCUT2D eigenvalue weighted by atomic mass is 16.2. The van der Waals surface area contributed by atoms with E-state index in [1.54, 1.807) is 0 Å². The number of nitrogens with one attached hydrogen (secondary N) is 1. The number of para-hydroxylation sites is 2. The number of amides is 2. The van der Waals surface area contributed by atoms with Crippen molar-refractivity contribution < 1.29 is 9.59 Å². The molecule has 2 aromatic carbocycles. The number of rotatable bonds is 4. The Kier molecular flexibility index (Phi) is 6.04. The van der Waals surface area contributed by atoms with Crippen LogP contribution >= 0.6 is 0 Å². The summed E-state index contributed by atoms with van der Waals surface area (Å²) in [6, 6.07) is 13.8. The summed E-state index contributed by atoms with van der Waals surface area (Å²) < 4.78 is 0. The van der Waals surface area contributed by atoms with Gasteiger partial charge in [-0.2, -0.15) is 5.10 Å². The van der Waals surface area contributed by atoms with Crippen molar-refractivity contribution in [3.05, 3.63) is 53.6 Å². The van der Waals surface area contributed by atoms with Gasteiger partial charge in [0.05, 0.1) is 17.1 Å². The minimum Gasteiger partial charge on any atom is -0.367 e. The van der Waals surface area contributed by atoms with E-state index in [0.717, 1.165) is 54.4 Å². The largest absolute Gasteiger partial charge is 0.367 e. The number of likely N-dealkylation sites (N-methyl/N-ethyl adjacent to an activating group) is 1. The zero-order valence-corrected chi connectivity index (χ0v) is 18.4. The Morgan fingerprint density at radius 2 is 1.71 bits per heavy atom. The predicted octanol–water partition coefficient (Wildman–Crippen LogP) is 3.18. The van der Waals surface area contributed by atoms with Gasteiger partial charge in [-0.25, -0.2) is 5.01 Å². The quantitative estimate of drug-likeness (QED) is 0.827. The first-order chi connectivity index (χ1) is 14.9. The van der Waals surface area contributed by atoms with Crippen molar-refractivity contribution in [2.45, 2.75) is 26.7 Å². The van der Waals surface area contributed by atoms with E-state index >= 15 is 0 Å². The normalized spacial score (nSPS) is 17.5. The number of hydrogen-bond acceptors (Lipinski definition) is 5. The third kappa shape index (κ3) is 4.61. The van der Waals surface area contributed by atoms with Crippen LogP contribution in [-0.2, 0) is 9.59 Å². The maximum atomic E-state index is 13.1. The van der Waals surface area contributed by atoms with E-state index in [-0.39, 0.29) is 18.2 Å². The lowest BCUT2D eigenvalue weighted by molar-refractivity contribution is -0.118. The second-order valence-corrected chi connectivity index (χ2v) is 8.30. The van der Waals surface area contributed by atoms with Crippen molar-refractivity contribution in [1.82, 2.24) is 4.90 Å². The molecule has 0 aromatic heterocycles. The number of benzene rings is 2. The first-order valence-corrected chi connectivity index (χ1v) is 10.7. The molecule has 2 aliphatic rings. The smallest absolute Gasteiger partial charge is 0.271 e. The molecule has 7 heteroatoms. The predicted molar refractivity (Wildman–Crippen MR) is 125 cm³/mol. The maximum Gasteiger partial charge on any atom is 0.271 e. The van der Waals surface area contributed by atoms with Crippen molar-refractivity contribution in [2.24, 2.45) is 5.10 Å². The van der Waals surface area contributed by atoms with E-state index in [0.29, 0.717) is 12.1 Å². The number of carbonyl (C=O) groups is 2. The Hall–Kier alpha value is -3.19. The summed E-state index contributed by atoms with van der Waals surface area (Å²) in [4.78, 5) is 30.2. The molecule has 0 radical (unpaired) electrons. The molecule has 31 heavy (non-hydrogen) atoms.